The second-order valence-electron chi connectivity index (χ2n) is 4.59. The Morgan fingerprint density at radius 3 is 2.76 bits per heavy atom. The number of nitrogens with one attached hydrogen (secondary N) is 1. The number of amides is 1. The number of hydrogen-bond acceptors (Lipinski definition) is 4. The fraction of sp³-hybridized carbons (Fsp3) is 0.286. The van der Waals surface area contributed by atoms with Crippen LogP contribution in [0.3, 0.4) is 0 Å². The molecule has 0 saturated carbocycles. The molecule has 0 aliphatic rings. The molecule has 6 nitrogen and oxygen atoms in total. The fourth-order valence-corrected chi connectivity index (χ4v) is 2.04. The lowest BCUT2D eigenvalue weighted by Crippen LogP contribution is -2.33. The molecular weight excluding hydrogens is 292 g/mol. The summed E-state index contributed by atoms with van der Waals surface area (Å²) in [5.74, 6) is -0.308. The van der Waals surface area contributed by atoms with Gasteiger partial charge in [0.1, 0.15) is 5.69 Å². The summed E-state index contributed by atoms with van der Waals surface area (Å²) < 4.78 is 1.52. The van der Waals surface area contributed by atoms with Crippen LogP contribution in [0.15, 0.2) is 29.2 Å². The van der Waals surface area contributed by atoms with E-state index in [0.29, 0.717) is 23.8 Å². The van der Waals surface area contributed by atoms with Crippen LogP contribution in [0, 0.1) is 13.8 Å². The van der Waals surface area contributed by atoms with E-state index in [1.807, 2.05) is 13.0 Å². The van der Waals surface area contributed by atoms with Crippen molar-refractivity contribution in [1.82, 2.24) is 19.9 Å². The average Bonchev–Trinajstić information content (AvgIpc) is 2.42. The number of hydrogen-bond donors (Lipinski definition) is 1. The number of nitrogens with zero attached hydrogens (tertiary/aromatic N) is 3. The molecule has 21 heavy (non-hydrogen) atoms. The SMILES string of the molecule is Cc1cc(C)n(CCNC(=O)c2ccc(Cl)cn2)c(=O)n1. The Morgan fingerprint density at radius 1 is 1.38 bits per heavy atom. The highest BCUT2D eigenvalue weighted by Gasteiger charge is 2.07. The van der Waals surface area contributed by atoms with Crippen molar-refractivity contribution in [3.05, 3.63) is 57.0 Å². The van der Waals surface area contributed by atoms with Crippen molar-refractivity contribution in [1.29, 1.82) is 0 Å². The zero-order valence-electron chi connectivity index (χ0n) is 11.8. The highest BCUT2D eigenvalue weighted by molar-refractivity contribution is 6.30. The molecule has 2 heterocycles. The lowest BCUT2D eigenvalue weighted by molar-refractivity contribution is 0.0947. The minimum atomic E-state index is -0.314. The normalized spacial score (nSPS) is 10.4. The molecule has 0 radical (unpaired) electrons. The maximum atomic E-state index is 11.9. The summed E-state index contributed by atoms with van der Waals surface area (Å²) in [5.41, 5.74) is 1.46. The first-order valence-corrected chi connectivity index (χ1v) is 6.80. The van der Waals surface area contributed by atoms with E-state index in [2.05, 4.69) is 15.3 Å². The van der Waals surface area contributed by atoms with Crippen molar-refractivity contribution < 1.29 is 4.79 Å². The molecule has 0 bridgehead atoms. The Bertz CT molecular complexity index is 710. The Balaban J connectivity index is 1.97. The second-order valence-corrected chi connectivity index (χ2v) is 5.03. The third-order valence-corrected chi connectivity index (χ3v) is 3.15. The first-order chi connectivity index (χ1) is 9.97. The molecule has 0 spiro atoms. The number of aromatic nitrogens is 3. The van der Waals surface area contributed by atoms with Crippen molar-refractivity contribution >= 4 is 17.5 Å². The van der Waals surface area contributed by atoms with Crippen LogP contribution < -0.4 is 11.0 Å². The van der Waals surface area contributed by atoms with E-state index in [4.69, 9.17) is 11.6 Å². The zero-order valence-corrected chi connectivity index (χ0v) is 12.5. The zero-order chi connectivity index (χ0) is 15.4. The van der Waals surface area contributed by atoms with E-state index in [1.54, 1.807) is 19.1 Å². The molecule has 0 saturated heterocycles. The maximum Gasteiger partial charge on any atom is 0.348 e. The molecule has 1 amide bonds. The topological polar surface area (TPSA) is 76.9 Å². The molecule has 0 aliphatic carbocycles. The van der Waals surface area contributed by atoms with Crippen molar-refractivity contribution in [3.8, 4) is 0 Å². The first-order valence-electron chi connectivity index (χ1n) is 6.42. The van der Waals surface area contributed by atoms with Gasteiger partial charge in [-0.05, 0) is 32.0 Å². The van der Waals surface area contributed by atoms with Gasteiger partial charge >= 0.3 is 5.69 Å². The van der Waals surface area contributed by atoms with Gasteiger partial charge in [0.25, 0.3) is 5.91 Å². The summed E-state index contributed by atoms with van der Waals surface area (Å²) in [5, 5.41) is 3.18. The van der Waals surface area contributed by atoms with Gasteiger partial charge in [0.2, 0.25) is 0 Å². The number of halogens is 1. The van der Waals surface area contributed by atoms with E-state index in [1.165, 1.54) is 10.8 Å². The predicted molar refractivity (Wildman–Crippen MR) is 79.6 cm³/mol. The van der Waals surface area contributed by atoms with E-state index in [-0.39, 0.29) is 17.3 Å². The Hall–Kier alpha value is -2.21. The van der Waals surface area contributed by atoms with Crippen molar-refractivity contribution in [3.63, 3.8) is 0 Å². The molecule has 2 aromatic rings. The van der Waals surface area contributed by atoms with Crippen LogP contribution >= 0.6 is 11.6 Å². The van der Waals surface area contributed by atoms with Crippen molar-refractivity contribution in [2.45, 2.75) is 20.4 Å². The van der Waals surface area contributed by atoms with Crippen LogP contribution in [0.1, 0.15) is 21.9 Å². The van der Waals surface area contributed by atoms with Gasteiger partial charge < -0.3 is 5.32 Å². The van der Waals surface area contributed by atoms with Gasteiger partial charge in [-0.1, -0.05) is 11.6 Å². The molecule has 0 aromatic carbocycles. The molecular formula is C14H15ClN4O2. The Morgan fingerprint density at radius 2 is 2.14 bits per heavy atom. The number of carbonyl (C=O) groups is 1. The quantitative estimate of drug-likeness (QED) is 0.924. The van der Waals surface area contributed by atoms with Crippen molar-refractivity contribution in [2.24, 2.45) is 0 Å². The van der Waals surface area contributed by atoms with Gasteiger partial charge in [-0.15, -0.1) is 0 Å². The lowest BCUT2D eigenvalue weighted by Gasteiger charge is -2.10. The summed E-state index contributed by atoms with van der Waals surface area (Å²) in [4.78, 5) is 31.4. The molecule has 0 unspecified atom stereocenters. The van der Waals surface area contributed by atoms with Gasteiger partial charge in [0, 0.05) is 30.7 Å². The summed E-state index contributed by atoms with van der Waals surface area (Å²) in [6, 6.07) is 4.97. The predicted octanol–water partition coefficient (Wildman–Crippen LogP) is 1.34. The third kappa shape index (κ3) is 3.88. The Kier molecular flexibility index (Phi) is 4.70. The van der Waals surface area contributed by atoms with E-state index in [9.17, 15) is 9.59 Å². The molecule has 0 fully saturated rings. The molecule has 7 heteroatoms. The molecule has 1 N–H and O–H groups in total. The molecule has 0 atom stereocenters. The minimum Gasteiger partial charge on any atom is -0.349 e. The summed E-state index contributed by atoms with van der Waals surface area (Å²) in [6.45, 7) is 4.28. The largest absolute Gasteiger partial charge is 0.349 e. The highest BCUT2D eigenvalue weighted by atomic mass is 35.5. The van der Waals surface area contributed by atoms with Crippen LogP contribution in [0.4, 0.5) is 0 Å². The van der Waals surface area contributed by atoms with Crippen LogP contribution in [-0.4, -0.2) is 27.0 Å². The van der Waals surface area contributed by atoms with Crippen LogP contribution in [0.5, 0.6) is 0 Å². The van der Waals surface area contributed by atoms with Crippen LogP contribution in [-0.2, 0) is 6.54 Å². The number of aryl methyl sites for hydroxylation is 2. The molecule has 2 aromatic heterocycles. The monoisotopic (exact) mass is 306 g/mol. The van der Waals surface area contributed by atoms with Gasteiger partial charge in [0.05, 0.1) is 5.02 Å². The average molecular weight is 307 g/mol. The minimum absolute atomic E-state index is 0.283. The van der Waals surface area contributed by atoms with E-state index < -0.39 is 0 Å². The van der Waals surface area contributed by atoms with Gasteiger partial charge in [-0.3, -0.25) is 9.36 Å². The van der Waals surface area contributed by atoms with Gasteiger partial charge in [0.15, 0.2) is 0 Å². The van der Waals surface area contributed by atoms with Gasteiger partial charge in [-0.2, -0.15) is 4.98 Å². The summed E-state index contributed by atoms with van der Waals surface area (Å²) in [7, 11) is 0. The van der Waals surface area contributed by atoms with Gasteiger partial charge in [-0.25, -0.2) is 9.78 Å². The third-order valence-electron chi connectivity index (χ3n) is 2.93. The Labute approximate surface area is 126 Å². The molecule has 110 valence electrons. The first kappa shape index (κ1) is 15.2. The highest BCUT2D eigenvalue weighted by Crippen LogP contribution is 2.05. The number of pyridine rings is 1. The van der Waals surface area contributed by atoms with E-state index in [0.717, 1.165) is 5.69 Å². The fourth-order valence-electron chi connectivity index (χ4n) is 1.93. The standard InChI is InChI=1S/C14H15ClN4O2/c1-9-7-10(2)19(14(21)18-9)6-5-16-13(20)12-4-3-11(15)8-17-12/h3-4,7-8H,5-6H2,1-2H3,(H,16,20). The van der Waals surface area contributed by atoms with Crippen LogP contribution in [0.25, 0.3) is 0 Å². The van der Waals surface area contributed by atoms with E-state index >= 15 is 0 Å². The van der Waals surface area contributed by atoms with Crippen LogP contribution in [0.2, 0.25) is 5.02 Å². The second kappa shape index (κ2) is 6.49. The summed E-state index contributed by atoms with van der Waals surface area (Å²) >= 11 is 5.71. The maximum absolute atomic E-state index is 11.9. The van der Waals surface area contributed by atoms with Crippen molar-refractivity contribution in [2.75, 3.05) is 6.54 Å². The number of carbonyl (C=O) groups excluding carboxylic acids is 1. The molecule has 0 aliphatic heterocycles. The number of rotatable bonds is 4. The summed E-state index contributed by atoms with van der Waals surface area (Å²) in [6.07, 6.45) is 1.41. The lowest BCUT2D eigenvalue weighted by atomic mass is 10.3. The molecule has 2 rings (SSSR count). The smallest absolute Gasteiger partial charge is 0.348 e.